The first-order chi connectivity index (χ1) is 15.1. The number of aromatic nitrogens is 3. The summed E-state index contributed by atoms with van der Waals surface area (Å²) < 4.78 is 18.4. The molecule has 2 aliphatic rings. The molecule has 1 aromatic carbocycles. The molecule has 8 nitrogen and oxygen atoms in total. The maximum Gasteiger partial charge on any atom is 0.226 e. The SMILES string of the molecule is COc1cc(OC)c([C@H]2C3=C(C[C@H](c4cccs4)CC3=O)Nc3ncnn32)cc1OC. The lowest BCUT2D eigenvalue weighted by Gasteiger charge is -2.35. The Hall–Kier alpha value is -3.33. The molecule has 0 saturated carbocycles. The van der Waals surface area contributed by atoms with Gasteiger partial charge in [0.2, 0.25) is 5.95 Å². The van der Waals surface area contributed by atoms with Gasteiger partial charge in [-0.15, -0.1) is 11.3 Å². The van der Waals surface area contributed by atoms with E-state index in [-0.39, 0.29) is 11.7 Å². The van der Waals surface area contributed by atoms with Gasteiger partial charge in [-0.2, -0.15) is 10.1 Å². The normalized spacial score (nSPS) is 20.0. The van der Waals surface area contributed by atoms with E-state index in [0.29, 0.717) is 35.2 Å². The zero-order valence-electron chi connectivity index (χ0n) is 17.4. The number of allylic oxidation sites excluding steroid dienone is 2. The molecule has 1 aliphatic carbocycles. The van der Waals surface area contributed by atoms with Gasteiger partial charge in [0.15, 0.2) is 17.3 Å². The molecule has 3 heterocycles. The Morgan fingerprint density at radius 3 is 2.58 bits per heavy atom. The number of hydrogen-bond acceptors (Lipinski definition) is 8. The first-order valence-corrected chi connectivity index (χ1v) is 10.8. The number of benzene rings is 1. The van der Waals surface area contributed by atoms with Gasteiger partial charge in [-0.1, -0.05) is 6.07 Å². The van der Waals surface area contributed by atoms with Crippen LogP contribution in [0.25, 0.3) is 0 Å². The van der Waals surface area contributed by atoms with E-state index in [2.05, 4.69) is 21.5 Å². The number of ether oxygens (including phenoxy) is 3. The highest BCUT2D eigenvalue weighted by molar-refractivity contribution is 7.10. The molecule has 0 spiro atoms. The van der Waals surface area contributed by atoms with Crippen molar-refractivity contribution in [1.29, 1.82) is 0 Å². The van der Waals surface area contributed by atoms with Gasteiger partial charge in [-0.05, 0) is 23.9 Å². The van der Waals surface area contributed by atoms with Crippen molar-refractivity contribution in [2.24, 2.45) is 0 Å². The molecule has 0 radical (unpaired) electrons. The van der Waals surface area contributed by atoms with Gasteiger partial charge in [-0.3, -0.25) is 4.79 Å². The van der Waals surface area contributed by atoms with Crippen LogP contribution in [0.2, 0.25) is 0 Å². The summed E-state index contributed by atoms with van der Waals surface area (Å²) in [7, 11) is 4.76. The van der Waals surface area contributed by atoms with Crippen molar-refractivity contribution in [1.82, 2.24) is 14.8 Å². The monoisotopic (exact) mass is 438 g/mol. The highest BCUT2D eigenvalue weighted by Crippen LogP contribution is 2.48. The van der Waals surface area contributed by atoms with Gasteiger partial charge in [0.05, 0.1) is 21.3 Å². The average Bonchev–Trinajstić information content (AvgIpc) is 3.48. The van der Waals surface area contributed by atoms with Gasteiger partial charge in [-0.25, -0.2) is 4.68 Å². The zero-order chi connectivity index (χ0) is 21.5. The largest absolute Gasteiger partial charge is 0.496 e. The van der Waals surface area contributed by atoms with E-state index in [4.69, 9.17) is 14.2 Å². The number of thiophene rings is 1. The third kappa shape index (κ3) is 3.16. The van der Waals surface area contributed by atoms with Gasteiger partial charge in [0.25, 0.3) is 0 Å². The lowest BCUT2D eigenvalue weighted by Crippen LogP contribution is -2.33. The minimum Gasteiger partial charge on any atom is -0.496 e. The molecule has 5 rings (SSSR count). The summed E-state index contributed by atoms with van der Waals surface area (Å²) in [6, 6.07) is 7.27. The van der Waals surface area contributed by atoms with Crippen LogP contribution in [-0.2, 0) is 4.79 Å². The fraction of sp³-hybridized carbons (Fsp3) is 0.318. The smallest absolute Gasteiger partial charge is 0.226 e. The molecule has 2 aromatic heterocycles. The highest BCUT2D eigenvalue weighted by Gasteiger charge is 2.41. The standard InChI is InChI=1S/C22H22N4O4S/c1-28-16-10-18(30-3)17(29-2)9-13(16)21-20-14(25-22-23-11-24-26(21)22)7-12(8-15(20)27)19-5-4-6-31-19/h4-6,9-12,21H,7-8H2,1-3H3,(H,23,24,25)/t12-,21-/m0/s1. The van der Waals surface area contributed by atoms with Crippen LogP contribution in [0.5, 0.6) is 17.2 Å². The van der Waals surface area contributed by atoms with Crippen molar-refractivity contribution >= 4 is 23.1 Å². The maximum atomic E-state index is 13.5. The molecular weight excluding hydrogens is 416 g/mol. The molecule has 0 unspecified atom stereocenters. The molecule has 3 aromatic rings. The predicted molar refractivity (Wildman–Crippen MR) is 116 cm³/mol. The zero-order valence-corrected chi connectivity index (χ0v) is 18.2. The first kappa shape index (κ1) is 19.6. The topological polar surface area (TPSA) is 87.5 Å². The van der Waals surface area contributed by atoms with Crippen LogP contribution in [0, 0.1) is 0 Å². The van der Waals surface area contributed by atoms with E-state index in [0.717, 1.165) is 17.7 Å². The molecule has 0 bridgehead atoms. The Bertz CT molecular complexity index is 1170. The molecule has 9 heteroatoms. The molecule has 0 fully saturated rings. The minimum atomic E-state index is -0.472. The van der Waals surface area contributed by atoms with Crippen LogP contribution >= 0.6 is 11.3 Å². The van der Waals surface area contributed by atoms with Crippen LogP contribution in [0.4, 0.5) is 5.95 Å². The highest BCUT2D eigenvalue weighted by atomic mass is 32.1. The maximum absolute atomic E-state index is 13.5. The van der Waals surface area contributed by atoms with Crippen LogP contribution in [-0.4, -0.2) is 41.9 Å². The predicted octanol–water partition coefficient (Wildman–Crippen LogP) is 3.78. The quantitative estimate of drug-likeness (QED) is 0.649. The van der Waals surface area contributed by atoms with Gasteiger partial charge in [0, 0.05) is 40.1 Å². The van der Waals surface area contributed by atoms with Crippen molar-refractivity contribution in [2.75, 3.05) is 26.6 Å². The Labute approximate surface area is 183 Å². The number of anilines is 1. The van der Waals surface area contributed by atoms with E-state index < -0.39 is 6.04 Å². The van der Waals surface area contributed by atoms with Gasteiger partial charge in [0.1, 0.15) is 18.1 Å². The number of methoxy groups -OCH3 is 3. The number of Topliss-reactive ketones (excluding diaryl/α,β-unsaturated/α-hetero) is 1. The summed E-state index contributed by atoms with van der Waals surface area (Å²) in [5.74, 6) is 2.54. The number of ketones is 1. The minimum absolute atomic E-state index is 0.0927. The molecule has 0 saturated heterocycles. The van der Waals surface area contributed by atoms with Crippen LogP contribution in [0.15, 0.2) is 47.2 Å². The fourth-order valence-electron chi connectivity index (χ4n) is 4.43. The average molecular weight is 439 g/mol. The first-order valence-electron chi connectivity index (χ1n) is 9.90. The second-order valence-corrected chi connectivity index (χ2v) is 8.42. The van der Waals surface area contributed by atoms with Gasteiger partial charge >= 0.3 is 0 Å². The molecule has 2 atom stereocenters. The molecule has 31 heavy (non-hydrogen) atoms. The molecule has 160 valence electrons. The summed E-state index contributed by atoms with van der Waals surface area (Å²) >= 11 is 1.68. The Kier molecular flexibility index (Phi) is 4.90. The summed E-state index contributed by atoms with van der Waals surface area (Å²) in [4.78, 5) is 19.1. The Balaban J connectivity index is 1.67. The lowest BCUT2D eigenvalue weighted by molar-refractivity contribution is -0.116. The molecule has 0 amide bonds. The van der Waals surface area contributed by atoms with Crippen molar-refractivity contribution < 1.29 is 19.0 Å². The fourth-order valence-corrected chi connectivity index (χ4v) is 5.26. The van der Waals surface area contributed by atoms with E-state index in [1.807, 2.05) is 17.5 Å². The third-order valence-corrected chi connectivity index (χ3v) is 6.87. The molecule has 1 aliphatic heterocycles. The third-order valence-electron chi connectivity index (χ3n) is 5.84. The number of carbonyl (C=O) groups excluding carboxylic acids is 1. The van der Waals surface area contributed by atoms with Crippen molar-refractivity contribution in [3.05, 3.63) is 57.7 Å². The second kappa shape index (κ2) is 7.73. The lowest BCUT2D eigenvalue weighted by atomic mass is 9.79. The molecular formula is C22H22N4O4S. The van der Waals surface area contributed by atoms with E-state index >= 15 is 0 Å². The second-order valence-electron chi connectivity index (χ2n) is 7.44. The number of nitrogens with one attached hydrogen (secondary N) is 1. The number of nitrogens with zero attached hydrogens (tertiary/aromatic N) is 3. The van der Waals surface area contributed by atoms with Crippen LogP contribution in [0.1, 0.15) is 35.2 Å². The van der Waals surface area contributed by atoms with E-state index in [1.165, 1.54) is 11.2 Å². The Morgan fingerprint density at radius 2 is 1.87 bits per heavy atom. The van der Waals surface area contributed by atoms with Gasteiger partial charge < -0.3 is 19.5 Å². The van der Waals surface area contributed by atoms with E-state index in [1.54, 1.807) is 43.4 Å². The summed E-state index contributed by atoms with van der Waals surface area (Å²) in [6.07, 6.45) is 2.68. The number of hydrogen-bond donors (Lipinski definition) is 1. The van der Waals surface area contributed by atoms with Crippen molar-refractivity contribution in [3.63, 3.8) is 0 Å². The summed E-state index contributed by atoms with van der Waals surface area (Å²) in [6.45, 7) is 0. The summed E-state index contributed by atoms with van der Waals surface area (Å²) in [5.41, 5.74) is 2.34. The molecule has 1 N–H and O–H groups in total. The number of carbonyl (C=O) groups is 1. The number of rotatable bonds is 5. The Morgan fingerprint density at radius 1 is 1.10 bits per heavy atom. The summed E-state index contributed by atoms with van der Waals surface area (Å²) in [5, 5.41) is 9.81. The van der Waals surface area contributed by atoms with Crippen molar-refractivity contribution in [2.45, 2.75) is 24.8 Å². The van der Waals surface area contributed by atoms with Crippen molar-refractivity contribution in [3.8, 4) is 17.2 Å². The number of fused-ring (bicyclic) bond motifs is 1. The van der Waals surface area contributed by atoms with E-state index in [9.17, 15) is 4.79 Å². The van der Waals surface area contributed by atoms with Crippen LogP contribution < -0.4 is 19.5 Å². The van der Waals surface area contributed by atoms with Crippen LogP contribution in [0.3, 0.4) is 0 Å².